The van der Waals surface area contributed by atoms with Crippen molar-refractivity contribution >= 4 is 11.3 Å². The predicted molar refractivity (Wildman–Crippen MR) is 118 cm³/mol. The average molecular weight is 487 g/mol. The van der Waals surface area contributed by atoms with E-state index in [2.05, 4.69) is 48.7 Å². The zero-order chi connectivity index (χ0) is 19.8. The molecule has 1 aromatic carbocycles. The van der Waals surface area contributed by atoms with Crippen LogP contribution in [0.25, 0.3) is 0 Å². The van der Waals surface area contributed by atoms with Gasteiger partial charge in [0.2, 0.25) is 0 Å². The summed E-state index contributed by atoms with van der Waals surface area (Å²) < 4.78 is 0. The molecule has 0 fully saturated rings. The molecule has 29 heavy (non-hydrogen) atoms. The number of rotatable bonds is 11. The summed E-state index contributed by atoms with van der Waals surface area (Å²) in [5.41, 5.74) is 3.44. The first-order valence-electron chi connectivity index (χ1n) is 10.7. The van der Waals surface area contributed by atoms with Crippen molar-refractivity contribution in [3.05, 3.63) is 69.4 Å². The number of aliphatic hydroxyl groups is 2. The van der Waals surface area contributed by atoms with E-state index in [0.717, 1.165) is 36.8 Å². The molecular formula is C25H33O2SY-. The summed E-state index contributed by atoms with van der Waals surface area (Å²) >= 11 is 1.72. The molecule has 1 radical (unpaired) electrons. The van der Waals surface area contributed by atoms with Crippen LogP contribution in [0.15, 0.2) is 48.0 Å². The monoisotopic (exact) mass is 486 g/mol. The van der Waals surface area contributed by atoms with E-state index < -0.39 is 0 Å². The second-order valence-corrected chi connectivity index (χ2v) is 8.96. The largest absolute Gasteiger partial charge is 0.392 e. The third kappa shape index (κ3) is 7.11. The predicted octanol–water partition coefficient (Wildman–Crippen LogP) is 6.20. The molecule has 1 aliphatic carbocycles. The summed E-state index contributed by atoms with van der Waals surface area (Å²) in [7, 11) is 0. The maximum Gasteiger partial charge on any atom is 0.0790 e. The second kappa shape index (κ2) is 13.2. The first-order chi connectivity index (χ1) is 13.7. The van der Waals surface area contributed by atoms with Crippen molar-refractivity contribution in [1.29, 1.82) is 0 Å². The van der Waals surface area contributed by atoms with Gasteiger partial charge >= 0.3 is 0 Å². The number of thiophene rings is 1. The molecule has 4 heteroatoms. The topological polar surface area (TPSA) is 40.5 Å². The van der Waals surface area contributed by atoms with Gasteiger partial charge in [-0.3, -0.25) is 0 Å². The molecule has 0 aliphatic heterocycles. The Balaban J connectivity index is 0.00000300. The van der Waals surface area contributed by atoms with E-state index in [1.807, 2.05) is 6.07 Å². The van der Waals surface area contributed by atoms with Crippen LogP contribution in [0.5, 0.6) is 0 Å². The fraction of sp³-hybridized carbons (Fsp3) is 0.520. The van der Waals surface area contributed by atoms with Crippen LogP contribution in [0.3, 0.4) is 0 Å². The SMILES string of the molecule is CCCCCC(O)c1ccc(C2C(CO)=CC[C@@H]2CCCc2cc[c-]s2)cc1.[Y]. The fourth-order valence-electron chi connectivity index (χ4n) is 4.43. The van der Waals surface area contributed by atoms with Crippen molar-refractivity contribution in [2.24, 2.45) is 5.92 Å². The van der Waals surface area contributed by atoms with Crippen molar-refractivity contribution in [1.82, 2.24) is 0 Å². The molecule has 0 bridgehead atoms. The van der Waals surface area contributed by atoms with Crippen molar-refractivity contribution < 1.29 is 42.9 Å². The molecule has 1 heterocycles. The Hall–Kier alpha value is -0.316. The van der Waals surface area contributed by atoms with E-state index in [1.165, 1.54) is 36.1 Å². The summed E-state index contributed by atoms with van der Waals surface area (Å²) in [5.74, 6) is 0.873. The Kier molecular flexibility index (Phi) is 11.3. The molecule has 1 aromatic heterocycles. The third-order valence-electron chi connectivity index (χ3n) is 6.02. The van der Waals surface area contributed by atoms with Gasteiger partial charge in [-0.1, -0.05) is 69.4 Å². The van der Waals surface area contributed by atoms with Gasteiger partial charge < -0.3 is 21.5 Å². The minimum Gasteiger partial charge on any atom is -0.392 e. The number of unbranched alkanes of at least 4 members (excludes halogenated alkanes) is 2. The Morgan fingerprint density at radius 3 is 2.59 bits per heavy atom. The zero-order valence-corrected chi connectivity index (χ0v) is 21.2. The van der Waals surface area contributed by atoms with Gasteiger partial charge in [0.15, 0.2) is 0 Å². The van der Waals surface area contributed by atoms with Gasteiger partial charge in [-0.05, 0) is 41.9 Å². The number of aryl methyl sites for hydroxylation is 1. The van der Waals surface area contributed by atoms with Crippen LogP contribution < -0.4 is 0 Å². The van der Waals surface area contributed by atoms with Crippen molar-refractivity contribution in [2.75, 3.05) is 6.61 Å². The van der Waals surface area contributed by atoms with Gasteiger partial charge in [0.05, 0.1) is 12.7 Å². The van der Waals surface area contributed by atoms with Crippen molar-refractivity contribution in [3.63, 3.8) is 0 Å². The number of allylic oxidation sites excluding steroid dienone is 1. The summed E-state index contributed by atoms with van der Waals surface area (Å²) in [5, 5.41) is 23.4. The molecule has 2 nitrogen and oxygen atoms in total. The summed E-state index contributed by atoms with van der Waals surface area (Å²) in [4.78, 5) is 1.41. The maximum atomic E-state index is 10.4. The first kappa shape index (κ1) is 24.9. The normalized spacial score (nSPS) is 19.6. The zero-order valence-electron chi connectivity index (χ0n) is 17.5. The molecule has 2 N–H and O–H groups in total. The molecule has 2 unspecified atom stereocenters. The van der Waals surface area contributed by atoms with E-state index in [0.29, 0.717) is 11.8 Å². The molecule has 1 aliphatic rings. The Morgan fingerprint density at radius 2 is 1.93 bits per heavy atom. The quantitative estimate of drug-likeness (QED) is 0.225. The van der Waals surface area contributed by atoms with Gasteiger partial charge in [-0.25, -0.2) is 6.07 Å². The number of hydrogen-bond donors (Lipinski definition) is 2. The molecule has 0 amide bonds. The Bertz CT molecular complexity index is 724. The first-order valence-corrected chi connectivity index (χ1v) is 11.6. The van der Waals surface area contributed by atoms with Crippen LogP contribution in [0.4, 0.5) is 0 Å². The van der Waals surface area contributed by atoms with Gasteiger partial charge in [-0.15, -0.1) is 10.3 Å². The van der Waals surface area contributed by atoms with Crippen LogP contribution in [0.2, 0.25) is 0 Å². The van der Waals surface area contributed by atoms with Crippen molar-refractivity contribution in [2.45, 2.75) is 70.3 Å². The van der Waals surface area contributed by atoms with E-state index >= 15 is 0 Å². The van der Waals surface area contributed by atoms with E-state index in [4.69, 9.17) is 0 Å². The molecule has 3 atom stereocenters. The molecule has 155 valence electrons. The standard InChI is InChI=1S/C25H33O2S.Y/c1-2-3-4-10-24(27)19-11-13-21(14-12-19)25-20(15-16-22(25)18-26)7-5-8-23-9-6-17-28-23;/h6,9,11-14,16,20,24-27H,2-5,7-8,10,15,18H2,1H3;/q-1;/t20-,24?,25?;/m0./s1. The van der Waals surface area contributed by atoms with Crippen LogP contribution in [-0.4, -0.2) is 16.8 Å². The summed E-state index contributed by atoms with van der Waals surface area (Å²) in [6.45, 7) is 2.33. The van der Waals surface area contributed by atoms with Crippen LogP contribution in [0.1, 0.15) is 79.9 Å². The smallest absolute Gasteiger partial charge is 0.0790 e. The van der Waals surface area contributed by atoms with Crippen molar-refractivity contribution in [3.8, 4) is 0 Å². The Labute approximate surface area is 205 Å². The third-order valence-corrected chi connectivity index (χ3v) is 6.88. The molecule has 3 rings (SSSR count). The number of benzene rings is 1. The number of aliphatic hydroxyl groups excluding tert-OH is 2. The van der Waals surface area contributed by atoms with E-state index in [1.54, 1.807) is 11.3 Å². The molecule has 0 saturated carbocycles. The average Bonchev–Trinajstić information content (AvgIpc) is 3.38. The minimum absolute atomic E-state index is 0. The molecular weight excluding hydrogens is 453 g/mol. The molecule has 0 saturated heterocycles. The second-order valence-electron chi connectivity index (χ2n) is 8.00. The van der Waals surface area contributed by atoms with Crippen LogP contribution in [0, 0.1) is 11.3 Å². The van der Waals surface area contributed by atoms with Gasteiger partial charge in [0, 0.05) is 38.6 Å². The van der Waals surface area contributed by atoms with Crippen LogP contribution >= 0.6 is 11.3 Å². The number of hydrogen-bond acceptors (Lipinski definition) is 3. The molecule has 0 spiro atoms. The molecule has 2 aromatic rings. The van der Waals surface area contributed by atoms with Gasteiger partial charge in [0.25, 0.3) is 0 Å². The fourth-order valence-corrected chi connectivity index (χ4v) is 5.10. The van der Waals surface area contributed by atoms with E-state index in [9.17, 15) is 10.2 Å². The van der Waals surface area contributed by atoms with Crippen LogP contribution in [-0.2, 0) is 39.1 Å². The minimum atomic E-state index is -0.365. The summed E-state index contributed by atoms with van der Waals surface area (Å²) in [6.07, 6.45) is 10.7. The summed E-state index contributed by atoms with van der Waals surface area (Å²) in [6, 6.07) is 12.7. The van der Waals surface area contributed by atoms with Gasteiger partial charge in [0.1, 0.15) is 0 Å². The maximum absolute atomic E-state index is 10.4. The van der Waals surface area contributed by atoms with E-state index in [-0.39, 0.29) is 45.4 Å². The Morgan fingerprint density at radius 1 is 1.14 bits per heavy atom. The van der Waals surface area contributed by atoms with Gasteiger partial charge in [-0.2, -0.15) is 6.07 Å².